The number of nitrogens with one attached hydrogen (secondary N) is 4. The number of rotatable bonds is 0. The van der Waals surface area contributed by atoms with Gasteiger partial charge in [0.2, 0.25) is 0 Å². The Labute approximate surface area is 55.7 Å². The highest BCUT2D eigenvalue weighted by Crippen LogP contribution is 1.92. The molecule has 2 aliphatic heterocycles. The largest absolute Gasteiger partial charge is 0.366 e. The maximum Gasteiger partial charge on any atom is 0.366 e. The average Bonchev–Trinajstić information content (AvgIpc) is 2.45. The van der Waals surface area contributed by atoms with E-state index in [1.54, 1.807) is 0 Å². The van der Waals surface area contributed by atoms with Crippen molar-refractivity contribution in [3.05, 3.63) is 0 Å². The molecule has 4 nitrogen and oxygen atoms in total. The molecule has 2 fully saturated rings. The zero-order valence-corrected chi connectivity index (χ0v) is 6.33. The highest BCUT2D eigenvalue weighted by Gasteiger charge is 2.40. The molecule has 0 aromatic rings. The lowest BCUT2D eigenvalue weighted by molar-refractivity contribution is 0.942. The Morgan fingerprint density at radius 2 is 1.00 bits per heavy atom. The Bertz CT molecular complexity index is 87.6. The fourth-order valence-electron chi connectivity index (χ4n) is 1.37. The summed E-state index contributed by atoms with van der Waals surface area (Å²) >= 11 is 0. The van der Waals surface area contributed by atoms with Gasteiger partial charge in [-0.15, -0.1) is 0 Å². The molecule has 52 valence electrons. The first-order valence-corrected chi connectivity index (χ1v) is 5.41. The zero-order chi connectivity index (χ0) is 6.16. The molecule has 2 saturated heterocycles. The minimum absolute atomic E-state index is 1.10. The van der Waals surface area contributed by atoms with Crippen molar-refractivity contribution < 1.29 is 0 Å². The fourth-order valence-corrected chi connectivity index (χ4v) is 4.12. The maximum absolute atomic E-state index is 3.44. The third kappa shape index (κ3) is 0.907. The topological polar surface area (TPSA) is 48.1 Å². The van der Waals surface area contributed by atoms with Crippen LogP contribution in [0.15, 0.2) is 0 Å². The molecule has 9 heavy (non-hydrogen) atoms. The average molecular weight is 144 g/mol. The summed E-state index contributed by atoms with van der Waals surface area (Å²) in [6.07, 6.45) is 0. The van der Waals surface area contributed by atoms with Gasteiger partial charge in [0.25, 0.3) is 0 Å². The van der Waals surface area contributed by atoms with Crippen molar-refractivity contribution in [1.29, 1.82) is 0 Å². The van der Waals surface area contributed by atoms with Crippen molar-refractivity contribution in [1.82, 2.24) is 19.9 Å². The van der Waals surface area contributed by atoms with E-state index in [2.05, 4.69) is 19.9 Å². The van der Waals surface area contributed by atoms with Gasteiger partial charge in [-0.1, -0.05) is 0 Å². The van der Waals surface area contributed by atoms with Gasteiger partial charge in [0.1, 0.15) is 0 Å². The standard InChI is InChI=1S/C4H12N4Si/c1-2-6-9(5-1)7-3-4-8-9/h5-8H,1-4H2. The van der Waals surface area contributed by atoms with E-state index in [1.165, 1.54) is 0 Å². The van der Waals surface area contributed by atoms with E-state index in [9.17, 15) is 0 Å². The van der Waals surface area contributed by atoms with Gasteiger partial charge in [-0.2, -0.15) is 0 Å². The first-order valence-electron chi connectivity index (χ1n) is 3.41. The van der Waals surface area contributed by atoms with Gasteiger partial charge in [0, 0.05) is 26.2 Å². The van der Waals surface area contributed by atoms with Crippen LogP contribution in [0, 0.1) is 0 Å². The lowest BCUT2D eigenvalue weighted by Gasteiger charge is -2.18. The summed E-state index contributed by atoms with van der Waals surface area (Å²) in [5.41, 5.74) is 0. The molecule has 1 spiro atoms. The van der Waals surface area contributed by atoms with Crippen molar-refractivity contribution in [2.75, 3.05) is 26.2 Å². The van der Waals surface area contributed by atoms with Gasteiger partial charge >= 0.3 is 8.72 Å². The fraction of sp³-hybridized carbons (Fsp3) is 1.00. The molecule has 2 rings (SSSR count). The molecule has 0 aromatic carbocycles. The molecule has 4 N–H and O–H groups in total. The van der Waals surface area contributed by atoms with E-state index in [0.29, 0.717) is 0 Å². The first-order chi connectivity index (χ1) is 4.41. The molecule has 0 saturated carbocycles. The van der Waals surface area contributed by atoms with Crippen LogP contribution in [-0.2, 0) is 0 Å². The van der Waals surface area contributed by atoms with Crippen LogP contribution in [0.25, 0.3) is 0 Å². The summed E-state index contributed by atoms with van der Waals surface area (Å²) in [4.78, 5) is 13.8. The predicted octanol–water partition coefficient (Wildman–Crippen LogP) is -2.19. The zero-order valence-electron chi connectivity index (χ0n) is 5.33. The normalized spacial score (nSPS) is 32.0. The molecule has 0 bridgehead atoms. The lowest BCUT2D eigenvalue weighted by atomic mass is 10.7. The van der Waals surface area contributed by atoms with Gasteiger partial charge in [-0.25, -0.2) is 0 Å². The lowest BCUT2D eigenvalue weighted by Crippen LogP contribution is -2.71. The van der Waals surface area contributed by atoms with E-state index in [4.69, 9.17) is 0 Å². The monoisotopic (exact) mass is 144 g/mol. The van der Waals surface area contributed by atoms with Gasteiger partial charge in [-0.3, -0.25) is 19.9 Å². The van der Waals surface area contributed by atoms with Crippen molar-refractivity contribution in [2.24, 2.45) is 0 Å². The third-order valence-corrected chi connectivity index (χ3v) is 4.93. The quantitative estimate of drug-likeness (QED) is 0.292. The molecule has 0 radical (unpaired) electrons. The Kier molecular flexibility index (Phi) is 1.31. The van der Waals surface area contributed by atoms with Crippen molar-refractivity contribution in [2.45, 2.75) is 0 Å². The molecule has 0 aromatic heterocycles. The second-order valence-corrected chi connectivity index (χ2v) is 5.37. The molecule has 2 aliphatic rings. The van der Waals surface area contributed by atoms with E-state index in [-0.39, 0.29) is 0 Å². The van der Waals surface area contributed by atoms with Crippen LogP contribution in [0.4, 0.5) is 0 Å². The Morgan fingerprint density at radius 3 is 1.33 bits per heavy atom. The smallest absolute Gasteiger partial charge is 0.299 e. The summed E-state index contributed by atoms with van der Waals surface area (Å²) < 4.78 is 0. The summed E-state index contributed by atoms with van der Waals surface area (Å²) in [6, 6.07) is 0. The van der Waals surface area contributed by atoms with Crippen LogP contribution >= 0.6 is 0 Å². The van der Waals surface area contributed by atoms with Crippen LogP contribution in [-0.4, -0.2) is 34.9 Å². The Morgan fingerprint density at radius 1 is 0.667 bits per heavy atom. The Balaban J connectivity index is 2.04. The molecule has 2 heterocycles. The van der Waals surface area contributed by atoms with E-state index in [0.717, 1.165) is 26.2 Å². The minimum Gasteiger partial charge on any atom is -0.299 e. The van der Waals surface area contributed by atoms with Crippen LogP contribution in [0.1, 0.15) is 0 Å². The molecule has 0 amide bonds. The Hall–Kier alpha value is 0.0569. The molecular weight excluding hydrogens is 132 g/mol. The van der Waals surface area contributed by atoms with E-state index in [1.807, 2.05) is 0 Å². The summed E-state index contributed by atoms with van der Waals surface area (Å²) in [7, 11) is -1.47. The summed E-state index contributed by atoms with van der Waals surface area (Å²) in [5, 5.41) is 0. The molecular formula is C4H12N4Si. The van der Waals surface area contributed by atoms with Crippen LogP contribution in [0.3, 0.4) is 0 Å². The van der Waals surface area contributed by atoms with Gasteiger partial charge < -0.3 is 0 Å². The van der Waals surface area contributed by atoms with Crippen molar-refractivity contribution in [3.63, 3.8) is 0 Å². The highest BCUT2D eigenvalue weighted by atomic mass is 28.4. The van der Waals surface area contributed by atoms with Gasteiger partial charge in [-0.05, 0) is 0 Å². The molecule has 0 unspecified atom stereocenters. The van der Waals surface area contributed by atoms with Crippen molar-refractivity contribution >= 4 is 8.72 Å². The number of hydrogen-bond acceptors (Lipinski definition) is 4. The van der Waals surface area contributed by atoms with Gasteiger partial charge in [0.05, 0.1) is 0 Å². The first kappa shape index (κ1) is 5.81. The summed E-state index contributed by atoms with van der Waals surface area (Å²) in [5.74, 6) is 0. The van der Waals surface area contributed by atoms with Crippen molar-refractivity contribution in [3.8, 4) is 0 Å². The molecule has 0 atom stereocenters. The minimum atomic E-state index is -1.47. The van der Waals surface area contributed by atoms with Crippen LogP contribution in [0.2, 0.25) is 0 Å². The highest BCUT2D eigenvalue weighted by molar-refractivity contribution is 6.71. The van der Waals surface area contributed by atoms with Gasteiger partial charge in [0.15, 0.2) is 0 Å². The molecule has 5 heteroatoms. The maximum atomic E-state index is 3.44. The second kappa shape index (κ2) is 2.03. The number of hydrogen-bond donors (Lipinski definition) is 4. The third-order valence-electron chi connectivity index (χ3n) is 1.81. The predicted molar refractivity (Wildman–Crippen MR) is 37.8 cm³/mol. The van der Waals surface area contributed by atoms with E-state index < -0.39 is 8.72 Å². The summed E-state index contributed by atoms with van der Waals surface area (Å²) in [6.45, 7) is 4.41. The van der Waals surface area contributed by atoms with Crippen LogP contribution in [0.5, 0.6) is 0 Å². The van der Waals surface area contributed by atoms with E-state index >= 15 is 0 Å². The van der Waals surface area contributed by atoms with Crippen LogP contribution < -0.4 is 19.9 Å². The molecule has 0 aliphatic carbocycles. The SMILES string of the molecule is C1CN[Si]2(N1)NCCN2. The second-order valence-electron chi connectivity index (χ2n) is 2.46.